The molecule has 0 saturated carbocycles. The Hall–Kier alpha value is -0.800. The first-order valence-corrected chi connectivity index (χ1v) is 10.1. The summed E-state index contributed by atoms with van der Waals surface area (Å²) in [6.07, 6.45) is 9.61. The van der Waals surface area contributed by atoms with Crippen molar-refractivity contribution >= 4 is 29.9 Å². The minimum absolute atomic E-state index is 0. The smallest absolute Gasteiger partial charge is 0.191 e. The lowest BCUT2D eigenvalue weighted by molar-refractivity contribution is 0.0224. The largest absolute Gasteiger partial charge is 0.469 e. The van der Waals surface area contributed by atoms with Crippen molar-refractivity contribution in [2.75, 3.05) is 39.5 Å². The van der Waals surface area contributed by atoms with E-state index in [0.29, 0.717) is 6.54 Å². The van der Waals surface area contributed by atoms with E-state index in [1.54, 1.807) is 6.26 Å². The van der Waals surface area contributed by atoms with Crippen LogP contribution in [0.1, 0.15) is 51.2 Å². The van der Waals surface area contributed by atoms with Gasteiger partial charge in [0, 0.05) is 39.3 Å². The summed E-state index contributed by atoms with van der Waals surface area (Å²) in [4.78, 5) is 4.71. The van der Waals surface area contributed by atoms with Crippen LogP contribution in [0.5, 0.6) is 0 Å². The van der Waals surface area contributed by atoms with Crippen LogP contribution in [0.25, 0.3) is 0 Å². The lowest BCUT2D eigenvalue weighted by Crippen LogP contribution is -2.40. The Bertz CT molecular complexity index is 477. The molecule has 0 amide bonds. The maximum Gasteiger partial charge on any atom is 0.191 e. The van der Waals surface area contributed by atoms with E-state index in [2.05, 4.69) is 17.6 Å². The molecule has 156 valence electrons. The van der Waals surface area contributed by atoms with Gasteiger partial charge in [-0.15, -0.1) is 24.0 Å². The van der Waals surface area contributed by atoms with Crippen LogP contribution < -0.4 is 10.6 Å². The molecule has 0 bridgehead atoms. The third kappa shape index (κ3) is 11.6. The number of furan rings is 1. The van der Waals surface area contributed by atoms with E-state index in [-0.39, 0.29) is 30.1 Å². The van der Waals surface area contributed by atoms with Crippen molar-refractivity contribution in [1.82, 2.24) is 10.6 Å². The molecule has 7 heteroatoms. The molecule has 6 nitrogen and oxygen atoms in total. The first-order valence-electron chi connectivity index (χ1n) is 10.1. The fourth-order valence-corrected chi connectivity index (χ4v) is 2.81. The van der Waals surface area contributed by atoms with Gasteiger partial charge in [-0.3, -0.25) is 4.99 Å². The molecule has 1 aromatic heterocycles. The van der Waals surface area contributed by atoms with Gasteiger partial charge in [0.2, 0.25) is 0 Å². The van der Waals surface area contributed by atoms with Crippen LogP contribution in [0.4, 0.5) is 0 Å². The zero-order valence-corrected chi connectivity index (χ0v) is 18.9. The van der Waals surface area contributed by atoms with Gasteiger partial charge in [0.15, 0.2) is 5.96 Å². The number of rotatable bonds is 12. The molecule has 2 heterocycles. The van der Waals surface area contributed by atoms with E-state index < -0.39 is 0 Å². The zero-order chi connectivity index (χ0) is 18.3. The summed E-state index contributed by atoms with van der Waals surface area (Å²) in [5, 5.41) is 6.79. The van der Waals surface area contributed by atoms with Crippen molar-refractivity contribution in [1.29, 1.82) is 0 Å². The summed E-state index contributed by atoms with van der Waals surface area (Å²) in [6, 6.07) is 3.91. The van der Waals surface area contributed by atoms with Crippen molar-refractivity contribution in [3.8, 4) is 0 Å². The van der Waals surface area contributed by atoms with Crippen LogP contribution in [0.2, 0.25) is 0 Å². The molecule has 1 atom stereocenters. The summed E-state index contributed by atoms with van der Waals surface area (Å²) >= 11 is 0. The van der Waals surface area contributed by atoms with Crippen molar-refractivity contribution in [2.24, 2.45) is 4.99 Å². The van der Waals surface area contributed by atoms with Crippen LogP contribution in [0.3, 0.4) is 0 Å². The molecule has 2 rings (SSSR count). The second kappa shape index (κ2) is 16.2. The summed E-state index contributed by atoms with van der Waals surface area (Å²) in [5.41, 5.74) is 0. The molecule has 1 aromatic rings. The van der Waals surface area contributed by atoms with Gasteiger partial charge in [-0.05, 0) is 44.2 Å². The highest BCUT2D eigenvalue weighted by molar-refractivity contribution is 14.0. The van der Waals surface area contributed by atoms with E-state index in [1.807, 2.05) is 12.1 Å². The minimum atomic E-state index is 0. The second-order valence-corrected chi connectivity index (χ2v) is 6.68. The molecule has 1 unspecified atom stereocenters. The average Bonchev–Trinajstić information content (AvgIpc) is 3.19. The normalized spacial score (nSPS) is 17.4. The average molecular weight is 493 g/mol. The highest BCUT2D eigenvalue weighted by Crippen LogP contribution is 2.12. The third-order valence-electron chi connectivity index (χ3n) is 4.37. The number of unbranched alkanes of at least 4 members (excludes halogenated alkanes) is 1. The lowest BCUT2D eigenvalue weighted by atomic mass is 10.1. The van der Waals surface area contributed by atoms with Gasteiger partial charge < -0.3 is 24.5 Å². The number of hydrogen-bond donors (Lipinski definition) is 2. The fourth-order valence-electron chi connectivity index (χ4n) is 2.81. The van der Waals surface area contributed by atoms with E-state index in [9.17, 15) is 0 Å². The number of guanidine groups is 1. The topological polar surface area (TPSA) is 68.0 Å². The van der Waals surface area contributed by atoms with Crippen molar-refractivity contribution < 1.29 is 13.9 Å². The van der Waals surface area contributed by atoms with Gasteiger partial charge in [0.25, 0.3) is 0 Å². The van der Waals surface area contributed by atoms with Crippen LogP contribution in [0, 0.1) is 0 Å². The number of halogens is 1. The highest BCUT2D eigenvalue weighted by Gasteiger charge is 2.13. The molecular weight excluding hydrogens is 457 g/mol. The first-order chi connectivity index (χ1) is 12.9. The van der Waals surface area contributed by atoms with Gasteiger partial charge in [-0.2, -0.15) is 0 Å². The van der Waals surface area contributed by atoms with Crippen LogP contribution in [-0.2, 0) is 15.9 Å². The number of nitrogens with one attached hydrogen (secondary N) is 2. The molecule has 1 saturated heterocycles. The molecular formula is C20H36IN3O3. The zero-order valence-electron chi connectivity index (χ0n) is 16.6. The van der Waals surface area contributed by atoms with Gasteiger partial charge >= 0.3 is 0 Å². The van der Waals surface area contributed by atoms with Gasteiger partial charge in [-0.25, -0.2) is 0 Å². The minimum Gasteiger partial charge on any atom is -0.469 e. The lowest BCUT2D eigenvalue weighted by Gasteiger charge is -2.21. The number of nitrogens with zero attached hydrogens (tertiary/aromatic N) is 1. The Morgan fingerprint density at radius 1 is 1.22 bits per heavy atom. The predicted octanol–water partition coefficient (Wildman–Crippen LogP) is 3.75. The highest BCUT2D eigenvalue weighted by atomic mass is 127. The molecule has 1 aliphatic rings. The summed E-state index contributed by atoms with van der Waals surface area (Å²) < 4.78 is 16.8. The van der Waals surface area contributed by atoms with Crippen LogP contribution >= 0.6 is 24.0 Å². The summed E-state index contributed by atoms with van der Waals surface area (Å²) in [6.45, 7) is 7.05. The summed E-state index contributed by atoms with van der Waals surface area (Å²) in [7, 11) is 0. The number of ether oxygens (including phenoxy) is 2. The first kappa shape index (κ1) is 24.2. The van der Waals surface area contributed by atoms with Gasteiger partial charge in [-0.1, -0.05) is 13.3 Å². The fraction of sp³-hybridized carbons (Fsp3) is 0.750. The van der Waals surface area contributed by atoms with Crippen molar-refractivity contribution in [2.45, 2.75) is 58.0 Å². The van der Waals surface area contributed by atoms with Crippen LogP contribution in [-0.4, -0.2) is 51.5 Å². The molecule has 1 aliphatic heterocycles. The van der Waals surface area contributed by atoms with E-state index in [0.717, 1.165) is 70.3 Å². The SMILES string of the molecule is CCCCOCCCNC(=NCC1CCCCO1)NCCc1ccco1.I. The Morgan fingerprint density at radius 2 is 2.07 bits per heavy atom. The Kier molecular flexibility index (Phi) is 14.5. The van der Waals surface area contributed by atoms with Gasteiger partial charge in [0.05, 0.1) is 18.9 Å². The van der Waals surface area contributed by atoms with Crippen molar-refractivity contribution in [3.63, 3.8) is 0 Å². The standard InChI is InChI=1S/C20H35N3O3.HI/c1-2-3-13-24-14-7-11-21-20(22-12-10-18-9-6-16-25-18)23-17-19-8-4-5-15-26-19;/h6,9,16,19H,2-5,7-8,10-15,17H2,1H3,(H2,21,22,23);1H. The molecule has 0 aliphatic carbocycles. The monoisotopic (exact) mass is 493 g/mol. The van der Waals surface area contributed by atoms with E-state index in [4.69, 9.17) is 18.9 Å². The number of aliphatic imine (C=N–C) groups is 1. The molecule has 0 spiro atoms. The summed E-state index contributed by atoms with van der Waals surface area (Å²) in [5.74, 6) is 1.83. The Morgan fingerprint density at radius 3 is 2.81 bits per heavy atom. The van der Waals surface area contributed by atoms with Crippen LogP contribution in [0.15, 0.2) is 27.8 Å². The number of hydrogen-bond acceptors (Lipinski definition) is 4. The quantitative estimate of drug-likeness (QED) is 0.201. The Balaban J connectivity index is 0.00000364. The van der Waals surface area contributed by atoms with Crippen molar-refractivity contribution in [3.05, 3.63) is 24.2 Å². The maximum atomic E-state index is 5.77. The van der Waals surface area contributed by atoms with Gasteiger partial charge in [0.1, 0.15) is 5.76 Å². The molecule has 2 N–H and O–H groups in total. The molecule has 27 heavy (non-hydrogen) atoms. The Labute approximate surface area is 180 Å². The second-order valence-electron chi connectivity index (χ2n) is 6.68. The van der Waals surface area contributed by atoms with E-state index in [1.165, 1.54) is 19.3 Å². The third-order valence-corrected chi connectivity index (χ3v) is 4.37. The predicted molar refractivity (Wildman–Crippen MR) is 120 cm³/mol. The maximum absolute atomic E-state index is 5.77. The molecule has 0 aromatic carbocycles. The molecule has 0 radical (unpaired) electrons. The van der Waals surface area contributed by atoms with E-state index >= 15 is 0 Å². The molecule has 1 fully saturated rings.